The molecule has 1 aromatic carbocycles. The van der Waals surface area contributed by atoms with Crippen LogP contribution < -0.4 is 10.1 Å². The molecule has 0 bridgehead atoms. The maximum absolute atomic E-state index is 11.9. The Labute approximate surface area is 156 Å². The van der Waals surface area contributed by atoms with E-state index < -0.39 is 17.7 Å². The van der Waals surface area contributed by atoms with Gasteiger partial charge in [-0.1, -0.05) is 0 Å². The first-order valence-electron chi connectivity index (χ1n) is 8.49. The zero-order valence-electron chi connectivity index (χ0n) is 15.4. The van der Waals surface area contributed by atoms with Crippen LogP contribution in [0.25, 0.3) is 0 Å². The molecule has 0 amide bonds. The molecular weight excluding hydrogens is 350 g/mol. The summed E-state index contributed by atoms with van der Waals surface area (Å²) < 4.78 is 17.6. The van der Waals surface area contributed by atoms with Gasteiger partial charge in [-0.2, -0.15) is 5.10 Å². The summed E-state index contributed by atoms with van der Waals surface area (Å²) in [5, 5.41) is 7.17. The van der Waals surface area contributed by atoms with Crippen LogP contribution in [0.2, 0.25) is 0 Å². The molecule has 0 radical (unpaired) electrons. The second kappa shape index (κ2) is 7.53. The third-order valence-electron chi connectivity index (χ3n) is 3.72. The Morgan fingerprint density at radius 1 is 1.15 bits per heavy atom. The van der Waals surface area contributed by atoms with Gasteiger partial charge in [0.1, 0.15) is 12.4 Å². The van der Waals surface area contributed by atoms with Crippen molar-refractivity contribution in [3.63, 3.8) is 0 Å². The third kappa shape index (κ3) is 4.87. The molecule has 2 aromatic rings. The smallest absolute Gasteiger partial charge is 0.350 e. The van der Waals surface area contributed by atoms with Gasteiger partial charge in [0.25, 0.3) is 5.79 Å². The summed E-state index contributed by atoms with van der Waals surface area (Å²) >= 11 is 0. The lowest BCUT2D eigenvalue weighted by Gasteiger charge is -2.29. The molecule has 0 aliphatic carbocycles. The van der Waals surface area contributed by atoms with Crippen LogP contribution in [0.1, 0.15) is 19.5 Å². The van der Waals surface area contributed by atoms with Crippen molar-refractivity contribution in [1.82, 2.24) is 9.78 Å². The van der Waals surface area contributed by atoms with Gasteiger partial charge in [0.05, 0.1) is 12.2 Å². The molecule has 8 heteroatoms. The standard InChI is InChI=1S/C19H21N3O5/c1-13-8-9-22(21-13)10-11-25-15-6-4-14(5-7-15)20-12-16-17(23)26-19(2,3)27-18(16)24/h4-9,12,20H,10-11H2,1-3H3. The summed E-state index contributed by atoms with van der Waals surface area (Å²) in [6.45, 7) is 6.08. The number of aromatic nitrogens is 2. The van der Waals surface area contributed by atoms with Gasteiger partial charge < -0.3 is 19.5 Å². The zero-order chi connectivity index (χ0) is 19.4. The fourth-order valence-electron chi connectivity index (χ4n) is 2.43. The van der Waals surface area contributed by atoms with E-state index in [0.717, 1.165) is 5.69 Å². The summed E-state index contributed by atoms with van der Waals surface area (Å²) in [5.74, 6) is -2.00. The van der Waals surface area contributed by atoms with Crippen LogP contribution in [0.15, 0.2) is 48.3 Å². The molecule has 0 spiro atoms. The number of hydrogen-bond acceptors (Lipinski definition) is 7. The van der Waals surface area contributed by atoms with Crippen molar-refractivity contribution in [3.05, 3.63) is 54.0 Å². The van der Waals surface area contributed by atoms with E-state index in [1.54, 1.807) is 24.3 Å². The van der Waals surface area contributed by atoms with Crippen molar-refractivity contribution < 1.29 is 23.8 Å². The number of ether oxygens (including phenoxy) is 3. The predicted octanol–water partition coefficient (Wildman–Crippen LogP) is 2.40. The van der Waals surface area contributed by atoms with Crippen LogP contribution in [0.3, 0.4) is 0 Å². The van der Waals surface area contributed by atoms with Crippen molar-refractivity contribution in [2.24, 2.45) is 0 Å². The molecule has 1 aromatic heterocycles. The van der Waals surface area contributed by atoms with Crippen LogP contribution >= 0.6 is 0 Å². The number of rotatable bonds is 6. The highest BCUT2D eigenvalue weighted by Crippen LogP contribution is 2.23. The van der Waals surface area contributed by atoms with Gasteiger partial charge in [-0.15, -0.1) is 0 Å². The number of hydrogen-bond donors (Lipinski definition) is 1. The Morgan fingerprint density at radius 3 is 2.41 bits per heavy atom. The molecular formula is C19H21N3O5. The van der Waals surface area contributed by atoms with Gasteiger partial charge in [-0.05, 0) is 37.3 Å². The van der Waals surface area contributed by atoms with Crippen LogP contribution in [0.4, 0.5) is 5.69 Å². The highest BCUT2D eigenvalue weighted by molar-refractivity contribution is 6.15. The lowest BCUT2D eigenvalue weighted by Crippen LogP contribution is -2.42. The molecule has 8 nitrogen and oxygen atoms in total. The molecule has 3 rings (SSSR count). The zero-order valence-corrected chi connectivity index (χ0v) is 15.4. The minimum atomic E-state index is -1.25. The number of anilines is 1. The molecule has 0 atom stereocenters. The van der Waals surface area contributed by atoms with Crippen molar-refractivity contribution in [3.8, 4) is 5.75 Å². The number of carbonyl (C=O) groups excluding carboxylic acids is 2. The van der Waals surface area contributed by atoms with Crippen LogP contribution in [0, 0.1) is 6.92 Å². The van der Waals surface area contributed by atoms with E-state index >= 15 is 0 Å². The number of aryl methyl sites for hydroxylation is 1. The highest BCUT2D eigenvalue weighted by Gasteiger charge is 2.38. The normalized spacial score (nSPS) is 15.7. The van der Waals surface area contributed by atoms with E-state index in [-0.39, 0.29) is 5.57 Å². The Hall–Kier alpha value is -3.29. The number of carbonyl (C=O) groups is 2. The van der Waals surface area contributed by atoms with E-state index in [9.17, 15) is 9.59 Å². The van der Waals surface area contributed by atoms with Gasteiger partial charge in [-0.25, -0.2) is 9.59 Å². The van der Waals surface area contributed by atoms with E-state index in [1.807, 2.05) is 23.9 Å². The Balaban J connectivity index is 1.53. The molecule has 142 valence electrons. The van der Waals surface area contributed by atoms with Gasteiger partial charge in [0.15, 0.2) is 5.57 Å². The second-order valence-electron chi connectivity index (χ2n) is 6.47. The molecule has 1 aliphatic heterocycles. The average Bonchev–Trinajstić information content (AvgIpc) is 3.00. The van der Waals surface area contributed by atoms with Crippen molar-refractivity contribution in [2.45, 2.75) is 33.1 Å². The van der Waals surface area contributed by atoms with Gasteiger partial charge in [0.2, 0.25) is 0 Å². The first kappa shape index (κ1) is 18.5. The quantitative estimate of drug-likeness (QED) is 0.474. The molecule has 0 saturated carbocycles. The number of benzene rings is 1. The summed E-state index contributed by atoms with van der Waals surface area (Å²) in [4.78, 5) is 23.7. The molecule has 1 aliphatic rings. The largest absolute Gasteiger partial charge is 0.492 e. The first-order chi connectivity index (χ1) is 12.8. The SMILES string of the molecule is Cc1ccn(CCOc2ccc(NC=C3C(=O)OC(C)(C)OC3=O)cc2)n1. The number of nitrogens with zero attached hydrogens (tertiary/aromatic N) is 2. The maximum atomic E-state index is 11.9. The van der Waals surface area contributed by atoms with E-state index in [4.69, 9.17) is 14.2 Å². The third-order valence-corrected chi connectivity index (χ3v) is 3.72. The summed E-state index contributed by atoms with van der Waals surface area (Å²) in [6, 6.07) is 9.06. The Kier molecular flexibility index (Phi) is 5.16. The molecule has 1 fully saturated rings. The second-order valence-corrected chi connectivity index (χ2v) is 6.47. The van der Waals surface area contributed by atoms with E-state index in [1.165, 1.54) is 20.0 Å². The monoisotopic (exact) mass is 371 g/mol. The molecule has 27 heavy (non-hydrogen) atoms. The number of esters is 2. The van der Waals surface area contributed by atoms with E-state index in [2.05, 4.69) is 10.4 Å². The Bertz CT molecular complexity index is 846. The predicted molar refractivity (Wildman–Crippen MR) is 96.9 cm³/mol. The van der Waals surface area contributed by atoms with E-state index in [0.29, 0.717) is 24.6 Å². The minimum absolute atomic E-state index is 0.191. The Morgan fingerprint density at radius 2 is 1.81 bits per heavy atom. The van der Waals surface area contributed by atoms with Crippen molar-refractivity contribution in [2.75, 3.05) is 11.9 Å². The average molecular weight is 371 g/mol. The lowest BCUT2D eigenvalue weighted by molar-refractivity contribution is -0.222. The van der Waals surface area contributed by atoms with Crippen LogP contribution in [0.5, 0.6) is 5.75 Å². The summed E-state index contributed by atoms with van der Waals surface area (Å²) in [5.41, 5.74) is 1.46. The van der Waals surface area contributed by atoms with Crippen LogP contribution in [-0.2, 0) is 25.6 Å². The number of nitrogens with one attached hydrogen (secondary N) is 1. The van der Waals surface area contributed by atoms with Crippen molar-refractivity contribution >= 4 is 17.6 Å². The fourth-order valence-corrected chi connectivity index (χ4v) is 2.43. The number of cyclic esters (lactones) is 2. The van der Waals surface area contributed by atoms with Crippen molar-refractivity contribution in [1.29, 1.82) is 0 Å². The highest BCUT2D eigenvalue weighted by atomic mass is 16.7. The summed E-state index contributed by atoms with van der Waals surface area (Å²) in [7, 11) is 0. The lowest BCUT2D eigenvalue weighted by atomic mass is 10.2. The van der Waals surface area contributed by atoms with Crippen LogP contribution in [-0.4, -0.2) is 34.1 Å². The fraction of sp³-hybridized carbons (Fsp3) is 0.316. The topological polar surface area (TPSA) is 91.7 Å². The first-order valence-corrected chi connectivity index (χ1v) is 8.49. The maximum Gasteiger partial charge on any atom is 0.350 e. The molecule has 2 heterocycles. The minimum Gasteiger partial charge on any atom is -0.492 e. The summed E-state index contributed by atoms with van der Waals surface area (Å²) in [6.07, 6.45) is 3.18. The molecule has 1 saturated heterocycles. The molecule has 0 unspecified atom stereocenters. The van der Waals surface area contributed by atoms with Gasteiger partial charge >= 0.3 is 11.9 Å². The van der Waals surface area contributed by atoms with Gasteiger partial charge in [-0.3, -0.25) is 4.68 Å². The molecule has 1 N–H and O–H groups in total. The van der Waals surface area contributed by atoms with Gasteiger partial charge in [0, 0.05) is 31.9 Å².